The van der Waals surface area contributed by atoms with Crippen molar-refractivity contribution in [1.29, 1.82) is 0 Å². The van der Waals surface area contributed by atoms with E-state index < -0.39 is 11.7 Å². The number of guanidine groups is 1. The van der Waals surface area contributed by atoms with Crippen molar-refractivity contribution in [2.45, 2.75) is 33.0 Å². The number of carbonyl (C=O) groups excluding carboxylic acids is 1. The molecular formula is C22H31F3IN5O. The standard InChI is InChI=1S/C22H30F3N5O.HI/c1-4-26-21(30-13-11-29(12-14-30)16-20(31)28-17(2)3)27-10-6-8-18-7-5-9-19(15-18)22(23,24)25;/h5,7,9,15,17H,4,10-14,16H2,1-3H3,(H,26,27)(H,28,31);1H. The first kappa shape index (κ1) is 28.0. The molecule has 0 aliphatic carbocycles. The van der Waals surface area contributed by atoms with E-state index in [4.69, 9.17) is 0 Å². The number of hydrogen-bond acceptors (Lipinski definition) is 3. The Morgan fingerprint density at radius 3 is 2.50 bits per heavy atom. The van der Waals surface area contributed by atoms with Gasteiger partial charge in [-0.25, -0.2) is 4.99 Å². The second kappa shape index (κ2) is 13.5. The Bertz CT molecular complexity index is 825. The lowest BCUT2D eigenvalue weighted by Crippen LogP contribution is -2.54. The van der Waals surface area contributed by atoms with E-state index in [1.165, 1.54) is 6.07 Å². The van der Waals surface area contributed by atoms with Crippen molar-refractivity contribution in [3.8, 4) is 11.8 Å². The average molecular weight is 565 g/mol. The van der Waals surface area contributed by atoms with E-state index in [0.29, 0.717) is 24.6 Å². The number of alkyl halides is 3. The first-order valence-corrected chi connectivity index (χ1v) is 10.4. The largest absolute Gasteiger partial charge is 0.416 e. The highest BCUT2D eigenvalue weighted by Crippen LogP contribution is 2.29. The Kier molecular flexibility index (Phi) is 11.8. The highest BCUT2D eigenvalue weighted by molar-refractivity contribution is 14.0. The average Bonchev–Trinajstić information content (AvgIpc) is 2.70. The number of halogens is 4. The van der Waals surface area contributed by atoms with Crippen molar-refractivity contribution >= 4 is 35.8 Å². The van der Waals surface area contributed by atoms with Crippen molar-refractivity contribution in [2.24, 2.45) is 4.99 Å². The lowest BCUT2D eigenvalue weighted by molar-refractivity contribution is -0.137. The van der Waals surface area contributed by atoms with Gasteiger partial charge in [0.15, 0.2) is 5.96 Å². The molecule has 32 heavy (non-hydrogen) atoms. The molecule has 1 heterocycles. The van der Waals surface area contributed by atoms with Gasteiger partial charge in [0.1, 0.15) is 6.54 Å². The van der Waals surface area contributed by atoms with Crippen LogP contribution in [0.2, 0.25) is 0 Å². The summed E-state index contributed by atoms with van der Waals surface area (Å²) in [7, 11) is 0. The molecule has 0 unspecified atom stereocenters. The molecule has 0 spiro atoms. The van der Waals surface area contributed by atoms with E-state index >= 15 is 0 Å². The van der Waals surface area contributed by atoms with Gasteiger partial charge in [0, 0.05) is 44.3 Å². The Balaban J connectivity index is 0.00000512. The number of carbonyl (C=O) groups is 1. The minimum absolute atomic E-state index is 0. The fourth-order valence-electron chi connectivity index (χ4n) is 3.14. The van der Waals surface area contributed by atoms with Crippen molar-refractivity contribution in [1.82, 2.24) is 20.4 Å². The molecular weight excluding hydrogens is 534 g/mol. The van der Waals surface area contributed by atoms with E-state index in [1.807, 2.05) is 20.8 Å². The highest BCUT2D eigenvalue weighted by Gasteiger charge is 2.30. The molecule has 1 aromatic rings. The summed E-state index contributed by atoms with van der Waals surface area (Å²) < 4.78 is 38.4. The van der Waals surface area contributed by atoms with E-state index in [2.05, 4.69) is 37.3 Å². The number of rotatable bonds is 5. The summed E-state index contributed by atoms with van der Waals surface area (Å²) in [4.78, 5) is 20.6. The van der Waals surface area contributed by atoms with E-state index in [1.54, 1.807) is 6.07 Å². The van der Waals surface area contributed by atoms with Crippen molar-refractivity contribution in [2.75, 3.05) is 45.8 Å². The van der Waals surface area contributed by atoms with Gasteiger partial charge in [-0.3, -0.25) is 9.69 Å². The van der Waals surface area contributed by atoms with Crippen LogP contribution in [0, 0.1) is 11.8 Å². The molecule has 0 radical (unpaired) electrons. The molecule has 0 atom stereocenters. The number of nitrogens with one attached hydrogen (secondary N) is 2. The zero-order valence-electron chi connectivity index (χ0n) is 18.6. The highest BCUT2D eigenvalue weighted by atomic mass is 127. The van der Waals surface area contributed by atoms with Crippen LogP contribution < -0.4 is 10.6 Å². The summed E-state index contributed by atoms with van der Waals surface area (Å²) in [6, 6.07) is 5.08. The van der Waals surface area contributed by atoms with Gasteiger partial charge in [0.2, 0.25) is 5.91 Å². The van der Waals surface area contributed by atoms with Gasteiger partial charge in [0.05, 0.1) is 12.1 Å². The Labute approximate surface area is 205 Å². The summed E-state index contributed by atoms with van der Waals surface area (Å²) >= 11 is 0. The number of aliphatic imine (C=N–C) groups is 1. The van der Waals surface area contributed by atoms with Crippen LogP contribution in [-0.2, 0) is 11.0 Å². The Morgan fingerprint density at radius 2 is 1.91 bits per heavy atom. The van der Waals surface area contributed by atoms with Crippen LogP contribution >= 0.6 is 24.0 Å². The maximum Gasteiger partial charge on any atom is 0.416 e. The maximum atomic E-state index is 12.8. The molecule has 1 saturated heterocycles. The Morgan fingerprint density at radius 1 is 1.22 bits per heavy atom. The molecule has 1 aliphatic heterocycles. The van der Waals surface area contributed by atoms with Gasteiger partial charge in [-0.1, -0.05) is 17.9 Å². The fourth-order valence-corrected chi connectivity index (χ4v) is 3.14. The van der Waals surface area contributed by atoms with Gasteiger partial charge in [-0.05, 0) is 39.0 Å². The monoisotopic (exact) mass is 565 g/mol. The van der Waals surface area contributed by atoms with E-state index in [-0.39, 0.29) is 42.5 Å². The predicted molar refractivity (Wildman–Crippen MR) is 131 cm³/mol. The molecule has 1 amide bonds. The molecule has 0 bridgehead atoms. The first-order valence-electron chi connectivity index (χ1n) is 10.4. The third-order valence-corrected chi connectivity index (χ3v) is 4.55. The summed E-state index contributed by atoms with van der Waals surface area (Å²) in [5, 5.41) is 6.12. The topological polar surface area (TPSA) is 60.0 Å². The third kappa shape index (κ3) is 9.65. The van der Waals surface area contributed by atoms with Crippen LogP contribution in [-0.4, -0.2) is 73.5 Å². The molecule has 2 rings (SSSR count). The number of piperazine rings is 1. The minimum Gasteiger partial charge on any atom is -0.356 e. The van der Waals surface area contributed by atoms with Crippen LogP contribution in [0.15, 0.2) is 29.3 Å². The molecule has 0 aromatic heterocycles. The molecule has 1 aromatic carbocycles. The summed E-state index contributed by atoms with van der Waals surface area (Å²) in [5.74, 6) is 6.31. The van der Waals surface area contributed by atoms with Gasteiger partial charge in [-0.15, -0.1) is 24.0 Å². The molecule has 10 heteroatoms. The second-order valence-electron chi connectivity index (χ2n) is 7.54. The number of nitrogens with zero attached hydrogens (tertiary/aromatic N) is 3. The number of benzene rings is 1. The Hall–Kier alpha value is -2.00. The van der Waals surface area contributed by atoms with Gasteiger partial charge in [0.25, 0.3) is 0 Å². The lowest BCUT2D eigenvalue weighted by atomic mass is 10.1. The summed E-state index contributed by atoms with van der Waals surface area (Å²) in [6.07, 6.45) is -4.38. The molecule has 6 nitrogen and oxygen atoms in total. The van der Waals surface area contributed by atoms with E-state index in [9.17, 15) is 18.0 Å². The zero-order chi connectivity index (χ0) is 22.9. The van der Waals surface area contributed by atoms with Gasteiger partial charge < -0.3 is 15.5 Å². The fraction of sp³-hybridized carbons (Fsp3) is 0.545. The lowest BCUT2D eigenvalue weighted by Gasteiger charge is -2.36. The SMILES string of the molecule is CCNC(=NCC#Cc1cccc(C(F)(F)F)c1)N1CCN(CC(=O)NC(C)C)CC1.I. The van der Waals surface area contributed by atoms with Crippen LogP contribution in [0.5, 0.6) is 0 Å². The van der Waals surface area contributed by atoms with Gasteiger partial charge in [-0.2, -0.15) is 13.2 Å². The molecule has 178 valence electrons. The maximum absolute atomic E-state index is 12.8. The minimum atomic E-state index is -4.38. The molecule has 0 saturated carbocycles. The summed E-state index contributed by atoms with van der Waals surface area (Å²) in [5.41, 5.74) is -0.403. The normalized spacial score (nSPS) is 15.0. The number of hydrogen-bond donors (Lipinski definition) is 2. The van der Waals surface area contributed by atoms with Crippen LogP contribution in [0.3, 0.4) is 0 Å². The first-order chi connectivity index (χ1) is 14.7. The molecule has 1 fully saturated rings. The van der Waals surface area contributed by atoms with E-state index in [0.717, 1.165) is 38.3 Å². The number of amides is 1. The van der Waals surface area contributed by atoms with Crippen LogP contribution in [0.4, 0.5) is 13.2 Å². The van der Waals surface area contributed by atoms with Crippen molar-refractivity contribution < 1.29 is 18.0 Å². The smallest absolute Gasteiger partial charge is 0.356 e. The van der Waals surface area contributed by atoms with Crippen LogP contribution in [0.25, 0.3) is 0 Å². The molecule has 2 N–H and O–H groups in total. The predicted octanol–water partition coefficient (Wildman–Crippen LogP) is 2.78. The summed E-state index contributed by atoms with van der Waals surface area (Å²) in [6.45, 7) is 10.0. The quantitative estimate of drug-likeness (QED) is 0.250. The van der Waals surface area contributed by atoms with Crippen molar-refractivity contribution in [3.05, 3.63) is 35.4 Å². The molecule has 1 aliphatic rings. The van der Waals surface area contributed by atoms with Gasteiger partial charge >= 0.3 is 6.18 Å². The second-order valence-corrected chi connectivity index (χ2v) is 7.54. The van der Waals surface area contributed by atoms with Crippen LogP contribution in [0.1, 0.15) is 31.9 Å². The van der Waals surface area contributed by atoms with Crippen molar-refractivity contribution in [3.63, 3.8) is 0 Å². The third-order valence-electron chi connectivity index (χ3n) is 4.55. The zero-order valence-corrected chi connectivity index (χ0v) is 21.0.